The maximum Gasteiger partial charge on any atom is 0.345 e. The summed E-state index contributed by atoms with van der Waals surface area (Å²) in [5, 5.41) is 8.85. The molecule has 1 heterocycles. The quantitative estimate of drug-likeness (QED) is 0.708. The number of ether oxygens (including phenoxy) is 1. The third-order valence-electron chi connectivity index (χ3n) is 1.69. The Morgan fingerprint density at radius 2 is 2.29 bits per heavy atom. The van der Waals surface area contributed by atoms with Crippen LogP contribution in [0.25, 0.3) is 0 Å². The predicted molar refractivity (Wildman–Crippen MR) is 47.3 cm³/mol. The highest BCUT2D eigenvalue weighted by molar-refractivity contribution is 5.89. The van der Waals surface area contributed by atoms with Crippen LogP contribution in [0.15, 0.2) is 4.79 Å². The van der Waals surface area contributed by atoms with E-state index < -0.39 is 11.7 Å². The molecule has 0 fully saturated rings. The molecular weight excluding hydrogens is 188 g/mol. The van der Waals surface area contributed by atoms with Crippen molar-refractivity contribution < 1.29 is 14.6 Å². The van der Waals surface area contributed by atoms with Crippen LogP contribution >= 0.6 is 0 Å². The molecular formula is C8H10N2O4. The van der Waals surface area contributed by atoms with E-state index in [1.165, 1.54) is 14.0 Å². The van der Waals surface area contributed by atoms with Gasteiger partial charge < -0.3 is 14.8 Å². The molecule has 0 aromatic carbocycles. The minimum absolute atomic E-state index is 0.00634. The molecule has 0 unspecified atom stereocenters. The lowest BCUT2D eigenvalue weighted by atomic mass is 10.2. The fourth-order valence-electron chi connectivity index (χ4n) is 1.17. The number of carboxylic acids is 1. The number of methoxy groups -OCH3 is 1. The number of hydrogen-bond donors (Lipinski definition) is 2. The van der Waals surface area contributed by atoms with Crippen LogP contribution in [-0.2, 0) is 11.3 Å². The largest absolute Gasteiger partial charge is 0.478 e. The van der Waals surface area contributed by atoms with E-state index in [-0.39, 0.29) is 23.6 Å². The summed E-state index contributed by atoms with van der Waals surface area (Å²) in [4.78, 5) is 27.6. The molecule has 76 valence electrons. The Bertz CT molecular complexity index is 410. The second kappa shape index (κ2) is 4.01. The van der Waals surface area contributed by atoms with Crippen LogP contribution in [-0.4, -0.2) is 28.2 Å². The summed E-state index contributed by atoms with van der Waals surface area (Å²) >= 11 is 0. The van der Waals surface area contributed by atoms with Crippen molar-refractivity contribution in [1.29, 1.82) is 0 Å². The number of aryl methyl sites for hydroxylation is 1. The Morgan fingerprint density at radius 3 is 2.79 bits per heavy atom. The second-order valence-electron chi connectivity index (χ2n) is 2.73. The van der Waals surface area contributed by atoms with E-state index >= 15 is 0 Å². The van der Waals surface area contributed by atoms with Crippen molar-refractivity contribution >= 4 is 5.97 Å². The molecule has 1 aromatic rings. The van der Waals surface area contributed by atoms with Gasteiger partial charge in [0.2, 0.25) is 0 Å². The van der Waals surface area contributed by atoms with Gasteiger partial charge in [0.1, 0.15) is 5.56 Å². The molecule has 0 aliphatic heterocycles. The van der Waals surface area contributed by atoms with E-state index in [4.69, 9.17) is 9.84 Å². The smallest absolute Gasteiger partial charge is 0.345 e. The Kier molecular flexibility index (Phi) is 2.98. The molecule has 1 rings (SSSR count). The SMILES string of the molecule is COCc1nc(=O)[nH]c(C)c1C(=O)O. The zero-order valence-corrected chi connectivity index (χ0v) is 7.83. The van der Waals surface area contributed by atoms with Crippen LogP contribution in [0.3, 0.4) is 0 Å². The van der Waals surface area contributed by atoms with Crippen LogP contribution in [0, 0.1) is 6.92 Å². The van der Waals surface area contributed by atoms with Crippen molar-refractivity contribution in [1.82, 2.24) is 9.97 Å². The lowest BCUT2D eigenvalue weighted by Crippen LogP contribution is -2.20. The van der Waals surface area contributed by atoms with Crippen LogP contribution in [0.1, 0.15) is 21.7 Å². The molecule has 6 nitrogen and oxygen atoms in total. The summed E-state index contributed by atoms with van der Waals surface area (Å²) in [6.45, 7) is 1.51. The van der Waals surface area contributed by atoms with Gasteiger partial charge in [0.25, 0.3) is 0 Å². The van der Waals surface area contributed by atoms with Crippen molar-refractivity contribution in [3.63, 3.8) is 0 Å². The lowest BCUT2D eigenvalue weighted by Gasteiger charge is -2.05. The number of H-pyrrole nitrogens is 1. The minimum Gasteiger partial charge on any atom is -0.478 e. The zero-order valence-electron chi connectivity index (χ0n) is 7.83. The number of nitrogens with zero attached hydrogens (tertiary/aromatic N) is 1. The summed E-state index contributed by atoms with van der Waals surface area (Å²) in [5.74, 6) is -1.13. The molecule has 0 atom stereocenters. The summed E-state index contributed by atoms with van der Waals surface area (Å²) < 4.78 is 4.75. The van der Waals surface area contributed by atoms with Crippen molar-refractivity contribution in [2.75, 3.05) is 7.11 Å². The first-order valence-electron chi connectivity index (χ1n) is 3.88. The molecule has 2 N–H and O–H groups in total. The third kappa shape index (κ3) is 1.97. The Labute approximate surface area is 79.6 Å². The predicted octanol–water partition coefficient (Wildman–Crippen LogP) is -0.0771. The van der Waals surface area contributed by atoms with E-state index in [9.17, 15) is 9.59 Å². The summed E-state index contributed by atoms with van der Waals surface area (Å²) in [6, 6.07) is 0. The molecule has 0 aliphatic carbocycles. The van der Waals surface area contributed by atoms with E-state index in [1.807, 2.05) is 0 Å². The fraction of sp³-hybridized carbons (Fsp3) is 0.375. The number of nitrogens with one attached hydrogen (secondary N) is 1. The van der Waals surface area contributed by atoms with Crippen LogP contribution in [0.4, 0.5) is 0 Å². The summed E-state index contributed by atoms with van der Waals surface area (Å²) in [7, 11) is 1.41. The molecule has 0 aliphatic rings. The minimum atomic E-state index is -1.13. The number of carboxylic acid groups (broad SMARTS) is 1. The van der Waals surface area contributed by atoms with Crippen LogP contribution in [0.2, 0.25) is 0 Å². The second-order valence-corrected chi connectivity index (χ2v) is 2.73. The van der Waals surface area contributed by atoms with Crippen LogP contribution in [0.5, 0.6) is 0 Å². The Morgan fingerprint density at radius 1 is 1.64 bits per heavy atom. The van der Waals surface area contributed by atoms with Gasteiger partial charge in [0.15, 0.2) is 0 Å². The molecule has 6 heteroatoms. The highest BCUT2D eigenvalue weighted by atomic mass is 16.5. The van der Waals surface area contributed by atoms with E-state index in [1.54, 1.807) is 0 Å². The fourth-order valence-corrected chi connectivity index (χ4v) is 1.17. The van der Waals surface area contributed by atoms with Gasteiger partial charge in [-0.05, 0) is 6.92 Å². The van der Waals surface area contributed by atoms with Gasteiger partial charge in [-0.25, -0.2) is 9.59 Å². The number of aromatic nitrogens is 2. The number of aromatic carboxylic acids is 1. The topological polar surface area (TPSA) is 92.3 Å². The van der Waals surface area contributed by atoms with Crippen LogP contribution < -0.4 is 5.69 Å². The zero-order chi connectivity index (χ0) is 10.7. The number of rotatable bonds is 3. The van der Waals surface area contributed by atoms with Crippen molar-refractivity contribution in [2.24, 2.45) is 0 Å². The molecule has 0 spiro atoms. The average Bonchev–Trinajstić information content (AvgIpc) is 2.01. The number of aromatic amines is 1. The summed E-state index contributed by atoms with van der Waals surface area (Å²) in [6.07, 6.45) is 0. The van der Waals surface area contributed by atoms with Gasteiger partial charge in [-0.1, -0.05) is 0 Å². The maximum atomic E-state index is 10.9. The molecule has 0 saturated carbocycles. The number of hydrogen-bond acceptors (Lipinski definition) is 4. The first kappa shape index (κ1) is 10.4. The molecule has 14 heavy (non-hydrogen) atoms. The van der Waals surface area contributed by atoms with Crippen molar-refractivity contribution in [3.05, 3.63) is 27.4 Å². The van der Waals surface area contributed by atoms with E-state index in [0.717, 1.165) is 0 Å². The molecule has 1 aromatic heterocycles. The summed E-state index contributed by atoms with van der Waals surface area (Å²) in [5.41, 5.74) is -0.156. The van der Waals surface area contributed by atoms with E-state index in [2.05, 4.69) is 9.97 Å². The maximum absolute atomic E-state index is 10.9. The highest BCUT2D eigenvalue weighted by Gasteiger charge is 2.15. The number of carbonyl (C=O) groups is 1. The van der Waals surface area contributed by atoms with E-state index in [0.29, 0.717) is 0 Å². The normalized spacial score (nSPS) is 10.1. The highest BCUT2D eigenvalue weighted by Crippen LogP contribution is 2.08. The van der Waals surface area contributed by atoms with Crippen molar-refractivity contribution in [2.45, 2.75) is 13.5 Å². The van der Waals surface area contributed by atoms with Gasteiger partial charge in [-0.3, -0.25) is 0 Å². The van der Waals surface area contributed by atoms with Gasteiger partial charge in [0.05, 0.1) is 12.3 Å². The van der Waals surface area contributed by atoms with Crippen molar-refractivity contribution in [3.8, 4) is 0 Å². The monoisotopic (exact) mass is 198 g/mol. The van der Waals surface area contributed by atoms with Gasteiger partial charge in [0, 0.05) is 12.8 Å². The molecule has 0 bridgehead atoms. The van der Waals surface area contributed by atoms with Gasteiger partial charge in [-0.15, -0.1) is 0 Å². The molecule has 0 amide bonds. The Hall–Kier alpha value is -1.69. The van der Waals surface area contributed by atoms with Gasteiger partial charge in [-0.2, -0.15) is 4.98 Å². The third-order valence-corrected chi connectivity index (χ3v) is 1.69. The average molecular weight is 198 g/mol. The molecule has 0 radical (unpaired) electrons. The first-order valence-corrected chi connectivity index (χ1v) is 3.88. The van der Waals surface area contributed by atoms with Gasteiger partial charge >= 0.3 is 11.7 Å². The molecule has 0 saturated heterocycles. The standard InChI is InChI=1S/C8H10N2O4/c1-4-6(7(11)12)5(3-14-2)10-8(13)9-4/h3H2,1-2H3,(H,11,12)(H,9,10,13). The first-order chi connectivity index (χ1) is 6.56. The lowest BCUT2D eigenvalue weighted by molar-refractivity contribution is 0.0689. The Balaban J connectivity index is 3.36.